The highest BCUT2D eigenvalue weighted by Crippen LogP contribution is 2.38. The Hall–Kier alpha value is -2.06. The number of thiocarbonyl (C=S) groups is 1. The average Bonchev–Trinajstić information content (AvgIpc) is 2.77. The quantitative estimate of drug-likeness (QED) is 0.611. The Morgan fingerprint density at radius 1 is 1.42 bits per heavy atom. The summed E-state index contributed by atoms with van der Waals surface area (Å²) in [7, 11) is 1.43. The van der Waals surface area contributed by atoms with Gasteiger partial charge < -0.3 is 14.9 Å². The molecule has 2 N–H and O–H groups in total. The second-order valence-corrected chi connectivity index (χ2v) is 7.15. The number of hydrogen-bond acceptors (Lipinski definition) is 6. The molecule has 2 rings (SSSR count). The summed E-state index contributed by atoms with van der Waals surface area (Å²) < 4.78 is 5.23. The number of benzene rings is 1. The first-order valence-electron chi connectivity index (χ1n) is 7.13. The SMILES string of the molecule is COc1cccc(/C=C2/SC(=S)N([C@@H](C(=O)O)C(C)C)C2=O)c1O. The molecule has 8 heteroatoms. The number of aliphatic carboxylic acids is 1. The van der Waals surface area contributed by atoms with Crippen molar-refractivity contribution >= 4 is 46.3 Å². The largest absolute Gasteiger partial charge is 0.504 e. The summed E-state index contributed by atoms with van der Waals surface area (Å²) in [6.45, 7) is 3.43. The van der Waals surface area contributed by atoms with E-state index in [1.807, 2.05) is 0 Å². The molecule has 1 atom stereocenters. The Morgan fingerprint density at radius 2 is 2.08 bits per heavy atom. The van der Waals surface area contributed by atoms with Crippen LogP contribution in [-0.4, -0.2) is 44.5 Å². The first kappa shape index (κ1) is 18.3. The van der Waals surface area contributed by atoms with Crippen molar-refractivity contribution in [1.29, 1.82) is 0 Å². The average molecular weight is 367 g/mol. The first-order valence-corrected chi connectivity index (χ1v) is 8.36. The van der Waals surface area contributed by atoms with Crippen molar-refractivity contribution in [3.63, 3.8) is 0 Å². The number of amides is 1. The zero-order valence-electron chi connectivity index (χ0n) is 13.3. The summed E-state index contributed by atoms with van der Waals surface area (Å²) in [4.78, 5) is 25.5. The van der Waals surface area contributed by atoms with Crippen LogP contribution in [0, 0.1) is 5.92 Å². The molecule has 1 aliphatic heterocycles. The van der Waals surface area contributed by atoms with Crippen molar-refractivity contribution in [2.75, 3.05) is 7.11 Å². The van der Waals surface area contributed by atoms with Crippen molar-refractivity contribution in [3.05, 3.63) is 28.7 Å². The van der Waals surface area contributed by atoms with Crippen LogP contribution in [0.25, 0.3) is 6.08 Å². The minimum Gasteiger partial charge on any atom is -0.504 e. The van der Waals surface area contributed by atoms with E-state index in [-0.39, 0.29) is 26.6 Å². The number of carboxylic acids is 1. The van der Waals surface area contributed by atoms with Crippen LogP contribution in [0.3, 0.4) is 0 Å². The van der Waals surface area contributed by atoms with Crippen molar-refractivity contribution in [1.82, 2.24) is 4.90 Å². The van der Waals surface area contributed by atoms with E-state index in [2.05, 4.69) is 0 Å². The summed E-state index contributed by atoms with van der Waals surface area (Å²) in [5, 5.41) is 19.5. The van der Waals surface area contributed by atoms with Crippen molar-refractivity contribution < 1.29 is 24.5 Å². The summed E-state index contributed by atoms with van der Waals surface area (Å²) in [6.07, 6.45) is 1.48. The van der Waals surface area contributed by atoms with Gasteiger partial charge in [-0.25, -0.2) is 4.79 Å². The first-order chi connectivity index (χ1) is 11.3. The molecule has 0 spiro atoms. The van der Waals surface area contributed by atoms with E-state index in [4.69, 9.17) is 17.0 Å². The molecule has 0 radical (unpaired) electrons. The van der Waals surface area contributed by atoms with Gasteiger partial charge in [0.2, 0.25) is 0 Å². The van der Waals surface area contributed by atoms with Gasteiger partial charge in [-0.3, -0.25) is 9.69 Å². The molecule has 1 amide bonds. The number of nitrogens with zero attached hydrogens (tertiary/aromatic N) is 1. The Morgan fingerprint density at radius 3 is 2.62 bits per heavy atom. The van der Waals surface area contributed by atoms with E-state index in [9.17, 15) is 19.8 Å². The van der Waals surface area contributed by atoms with Gasteiger partial charge in [-0.15, -0.1) is 0 Å². The fourth-order valence-electron chi connectivity index (χ4n) is 2.38. The number of phenols is 1. The number of rotatable bonds is 5. The Balaban J connectivity index is 2.40. The number of carboxylic acid groups (broad SMARTS) is 1. The lowest BCUT2D eigenvalue weighted by atomic mass is 10.0. The minimum absolute atomic E-state index is 0.0936. The van der Waals surface area contributed by atoms with Gasteiger partial charge in [0.05, 0.1) is 12.0 Å². The normalized spacial score (nSPS) is 17.7. The monoisotopic (exact) mass is 367 g/mol. The van der Waals surface area contributed by atoms with Crippen molar-refractivity contribution in [3.8, 4) is 11.5 Å². The molecule has 1 heterocycles. The fraction of sp³-hybridized carbons (Fsp3) is 0.312. The van der Waals surface area contributed by atoms with Gasteiger partial charge in [0, 0.05) is 5.56 Å². The van der Waals surface area contributed by atoms with Crippen LogP contribution in [0.4, 0.5) is 0 Å². The molecule has 0 aromatic heterocycles. The van der Waals surface area contributed by atoms with E-state index in [1.54, 1.807) is 32.0 Å². The van der Waals surface area contributed by atoms with Crippen LogP contribution in [0.1, 0.15) is 19.4 Å². The maximum atomic E-state index is 12.6. The van der Waals surface area contributed by atoms with Crippen LogP contribution < -0.4 is 4.74 Å². The van der Waals surface area contributed by atoms with Gasteiger partial charge in [-0.2, -0.15) is 0 Å². The molecule has 0 unspecified atom stereocenters. The number of thioether (sulfide) groups is 1. The second-order valence-electron chi connectivity index (χ2n) is 5.48. The molecule has 0 bridgehead atoms. The van der Waals surface area contributed by atoms with Crippen LogP contribution in [0.5, 0.6) is 11.5 Å². The van der Waals surface area contributed by atoms with Gasteiger partial charge in [-0.05, 0) is 18.1 Å². The zero-order valence-corrected chi connectivity index (χ0v) is 15.0. The molecular weight excluding hydrogens is 350 g/mol. The molecule has 128 valence electrons. The number of carbonyl (C=O) groups excluding carboxylic acids is 1. The summed E-state index contributed by atoms with van der Waals surface area (Å²) in [5.41, 5.74) is 0.395. The Labute approximate surface area is 149 Å². The number of para-hydroxylation sites is 1. The number of ether oxygens (including phenoxy) is 1. The lowest BCUT2D eigenvalue weighted by molar-refractivity contribution is -0.146. The van der Waals surface area contributed by atoms with E-state index in [0.29, 0.717) is 5.56 Å². The van der Waals surface area contributed by atoms with Crippen molar-refractivity contribution in [2.24, 2.45) is 5.92 Å². The Kier molecular flexibility index (Phi) is 5.51. The Bertz CT molecular complexity index is 729. The number of hydrogen-bond donors (Lipinski definition) is 2. The van der Waals surface area contributed by atoms with Gasteiger partial charge >= 0.3 is 5.97 Å². The minimum atomic E-state index is -1.10. The molecule has 1 aliphatic rings. The third kappa shape index (κ3) is 3.39. The van der Waals surface area contributed by atoms with Gasteiger partial charge in [0.25, 0.3) is 5.91 Å². The third-order valence-corrected chi connectivity index (χ3v) is 4.85. The molecule has 0 aliphatic carbocycles. The van der Waals surface area contributed by atoms with E-state index >= 15 is 0 Å². The molecule has 1 saturated heterocycles. The molecule has 1 aromatic carbocycles. The smallest absolute Gasteiger partial charge is 0.327 e. The topological polar surface area (TPSA) is 87.1 Å². The van der Waals surface area contributed by atoms with Crippen LogP contribution in [0.2, 0.25) is 0 Å². The molecule has 1 aromatic rings. The number of phenolic OH excluding ortho intramolecular Hbond substituents is 1. The lowest BCUT2D eigenvalue weighted by Gasteiger charge is -2.26. The molecular formula is C16H17NO5S2. The molecule has 1 fully saturated rings. The maximum absolute atomic E-state index is 12.6. The zero-order chi connectivity index (χ0) is 18.0. The fourth-order valence-corrected chi connectivity index (χ4v) is 3.70. The second kappa shape index (κ2) is 7.23. The number of methoxy groups -OCH3 is 1. The predicted molar refractivity (Wildman–Crippen MR) is 95.9 cm³/mol. The van der Waals surface area contributed by atoms with E-state index in [1.165, 1.54) is 13.2 Å². The molecule has 24 heavy (non-hydrogen) atoms. The summed E-state index contributed by atoms with van der Waals surface area (Å²) in [5.74, 6) is -1.69. The highest BCUT2D eigenvalue weighted by molar-refractivity contribution is 8.26. The summed E-state index contributed by atoms with van der Waals surface area (Å²) in [6, 6.07) is 3.88. The van der Waals surface area contributed by atoms with Crippen molar-refractivity contribution in [2.45, 2.75) is 19.9 Å². The number of carbonyl (C=O) groups is 2. The third-order valence-electron chi connectivity index (χ3n) is 3.52. The lowest BCUT2D eigenvalue weighted by Crippen LogP contribution is -2.47. The number of aromatic hydroxyl groups is 1. The van der Waals surface area contributed by atoms with E-state index < -0.39 is 17.9 Å². The van der Waals surface area contributed by atoms with Gasteiger partial charge in [0.1, 0.15) is 10.4 Å². The van der Waals surface area contributed by atoms with Crippen LogP contribution in [-0.2, 0) is 9.59 Å². The summed E-state index contributed by atoms with van der Waals surface area (Å²) >= 11 is 6.20. The highest BCUT2D eigenvalue weighted by atomic mass is 32.2. The van der Waals surface area contributed by atoms with E-state index in [0.717, 1.165) is 16.7 Å². The standard InChI is InChI=1S/C16H17NO5S2/c1-8(2)12(15(20)21)17-14(19)11(24-16(17)23)7-9-5-4-6-10(22-3)13(9)18/h4-8,12,18H,1-3H3,(H,20,21)/b11-7+/t12-/m1/s1. The van der Waals surface area contributed by atoms with Crippen LogP contribution in [0.15, 0.2) is 23.1 Å². The predicted octanol–water partition coefficient (Wildman–Crippen LogP) is 2.71. The maximum Gasteiger partial charge on any atom is 0.327 e. The molecule has 0 saturated carbocycles. The van der Waals surface area contributed by atoms with Gasteiger partial charge in [0.15, 0.2) is 11.5 Å². The van der Waals surface area contributed by atoms with Crippen LogP contribution >= 0.6 is 24.0 Å². The highest BCUT2D eigenvalue weighted by Gasteiger charge is 2.41. The molecule has 6 nitrogen and oxygen atoms in total. The van der Waals surface area contributed by atoms with Gasteiger partial charge in [-0.1, -0.05) is 50.0 Å².